The van der Waals surface area contributed by atoms with E-state index in [1.54, 1.807) is 0 Å². The summed E-state index contributed by atoms with van der Waals surface area (Å²) in [6, 6.07) is 0.338. The Bertz CT molecular complexity index is 111. The maximum Gasteiger partial charge on any atom is 0.0586 e. The van der Waals surface area contributed by atoms with Gasteiger partial charge in [0.25, 0.3) is 0 Å². The Morgan fingerprint density at radius 1 is 1.38 bits per heavy atom. The van der Waals surface area contributed by atoms with Crippen LogP contribution in [0, 0.1) is 11.8 Å². The van der Waals surface area contributed by atoms with Crippen LogP contribution in [0.1, 0.15) is 12.8 Å². The summed E-state index contributed by atoms with van der Waals surface area (Å²) < 4.78 is 0. The summed E-state index contributed by atoms with van der Waals surface area (Å²) in [5.41, 5.74) is 5.66. The van der Waals surface area contributed by atoms with Crippen molar-refractivity contribution in [2.45, 2.75) is 25.0 Å². The number of rotatable bonds is 0. The third kappa shape index (κ3) is 0.361. The van der Waals surface area contributed by atoms with Crippen molar-refractivity contribution in [3.63, 3.8) is 0 Å². The van der Waals surface area contributed by atoms with E-state index < -0.39 is 0 Å². The van der Waals surface area contributed by atoms with Crippen molar-refractivity contribution in [3.8, 4) is 0 Å². The van der Waals surface area contributed by atoms with Gasteiger partial charge in [-0.2, -0.15) is 0 Å². The highest BCUT2D eigenvalue weighted by Crippen LogP contribution is 2.47. The summed E-state index contributed by atoms with van der Waals surface area (Å²) in [5.74, 6) is 1.12. The highest BCUT2D eigenvalue weighted by atomic mass is 16.3. The number of aliphatic hydroxyl groups excluding tert-OH is 1. The van der Waals surface area contributed by atoms with Crippen molar-refractivity contribution in [3.05, 3.63) is 0 Å². The second kappa shape index (κ2) is 1.25. The fourth-order valence-corrected chi connectivity index (χ4v) is 1.97. The molecule has 0 aromatic heterocycles. The second-order valence-electron chi connectivity index (χ2n) is 3.04. The summed E-state index contributed by atoms with van der Waals surface area (Å²) in [7, 11) is 0. The van der Waals surface area contributed by atoms with Gasteiger partial charge in [-0.15, -0.1) is 0 Å². The number of hydrogen-bond acceptors (Lipinski definition) is 2. The fraction of sp³-hybridized carbons (Fsp3) is 1.00. The Morgan fingerprint density at radius 3 is 2.25 bits per heavy atom. The summed E-state index contributed by atoms with van der Waals surface area (Å²) in [4.78, 5) is 0. The monoisotopic (exact) mass is 113 g/mol. The Labute approximate surface area is 48.7 Å². The van der Waals surface area contributed by atoms with Crippen LogP contribution in [0.25, 0.3) is 0 Å². The Balaban J connectivity index is 2.13. The fourth-order valence-electron chi connectivity index (χ4n) is 1.97. The van der Waals surface area contributed by atoms with Gasteiger partial charge < -0.3 is 10.8 Å². The molecule has 3 fully saturated rings. The van der Waals surface area contributed by atoms with Gasteiger partial charge in [0.15, 0.2) is 0 Å². The molecular formula is C6H11NO. The van der Waals surface area contributed by atoms with Gasteiger partial charge in [-0.1, -0.05) is 0 Å². The topological polar surface area (TPSA) is 46.2 Å². The molecule has 2 heteroatoms. The molecule has 2 bridgehead atoms. The first-order chi connectivity index (χ1) is 3.79. The molecule has 46 valence electrons. The van der Waals surface area contributed by atoms with E-state index in [1.165, 1.54) is 6.42 Å². The average molecular weight is 113 g/mol. The number of nitrogens with two attached hydrogens (primary N) is 1. The Kier molecular flexibility index (Phi) is 0.746. The van der Waals surface area contributed by atoms with E-state index in [1.807, 2.05) is 0 Å². The van der Waals surface area contributed by atoms with Crippen LogP contribution in [0.2, 0.25) is 0 Å². The predicted molar refractivity (Wildman–Crippen MR) is 30.2 cm³/mol. The summed E-state index contributed by atoms with van der Waals surface area (Å²) in [6.07, 6.45) is 2.09. The van der Waals surface area contributed by atoms with Crippen LogP contribution < -0.4 is 5.73 Å². The van der Waals surface area contributed by atoms with Crippen LogP contribution in [0.4, 0.5) is 0 Å². The van der Waals surface area contributed by atoms with Crippen molar-refractivity contribution in [1.82, 2.24) is 0 Å². The maximum atomic E-state index is 9.13. The minimum absolute atomic E-state index is 0.0602. The first-order valence-corrected chi connectivity index (χ1v) is 3.22. The summed E-state index contributed by atoms with van der Waals surface area (Å²) >= 11 is 0. The zero-order chi connectivity index (χ0) is 5.72. The quantitative estimate of drug-likeness (QED) is 0.453. The molecule has 4 atom stereocenters. The van der Waals surface area contributed by atoms with Crippen LogP contribution in [-0.4, -0.2) is 17.3 Å². The Morgan fingerprint density at radius 2 is 2.12 bits per heavy atom. The first-order valence-electron chi connectivity index (χ1n) is 3.22. The molecule has 2 nitrogen and oxygen atoms in total. The van der Waals surface area contributed by atoms with Gasteiger partial charge in [-0.3, -0.25) is 0 Å². The zero-order valence-electron chi connectivity index (χ0n) is 4.75. The van der Waals surface area contributed by atoms with E-state index in [9.17, 15) is 0 Å². The molecule has 0 radical (unpaired) electrons. The summed E-state index contributed by atoms with van der Waals surface area (Å²) in [5, 5.41) is 9.13. The van der Waals surface area contributed by atoms with Crippen molar-refractivity contribution in [2.75, 3.05) is 0 Å². The SMILES string of the molecule is N[C@H]1[C@@H]2C[C@H]1[C@@H](O)C2. The number of fused-ring (bicyclic) bond motifs is 1. The predicted octanol–water partition coefficient (Wildman–Crippen LogP) is -0.286. The lowest BCUT2D eigenvalue weighted by atomic mass is 9.79. The molecule has 0 saturated heterocycles. The van der Waals surface area contributed by atoms with Crippen molar-refractivity contribution in [1.29, 1.82) is 0 Å². The first kappa shape index (κ1) is 4.77. The van der Waals surface area contributed by atoms with Crippen LogP contribution in [0.3, 0.4) is 0 Å². The molecule has 3 aliphatic carbocycles. The standard InChI is InChI=1S/C6H11NO/c7-6-3-1-4(6)5(8)2-3/h3-6,8H,1-2,7H2/t3-,4+,5+,6+/m1/s1. The van der Waals surface area contributed by atoms with Gasteiger partial charge in [0, 0.05) is 12.0 Å². The van der Waals surface area contributed by atoms with Gasteiger partial charge in [0.2, 0.25) is 0 Å². The lowest BCUT2D eigenvalue weighted by molar-refractivity contribution is 0.117. The molecule has 3 saturated carbocycles. The largest absolute Gasteiger partial charge is 0.393 e. The van der Waals surface area contributed by atoms with E-state index in [0.29, 0.717) is 17.9 Å². The molecule has 0 aliphatic heterocycles. The van der Waals surface area contributed by atoms with E-state index in [0.717, 1.165) is 6.42 Å². The Hall–Kier alpha value is -0.0800. The number of aliphatic hydroxyl groups is 1. The summed E-state index contributed by atoms with van der Waals surface area (Å²) in [6.45, 7) is 0. The highest BCUT2D eigenvalue weighted by molar-refractivity contribution is 5.04. The van der Waals surface area contributed by atoms with Crippen LogP contribution in [0.15, 0.2) is 0 Å². The molecule has 3 N–H and O–H groups in total. The molecule has 3 rings (SSSR count). The van der Waals surface area contributed by atoms with Crippen molar-refractivity contribution in [2.24, 2.45) is 17.6 Å². The molecule has 0 spiro atoms. The third-order valence-electron chi connectivity index (χ3n) is 2.65. The van der Waals surface area contributed by atoms with Gasteiger partial charge in [-0.05, 0) is 18.8 Å². The van der Waals surface area contributed by atoms with Crippen LogP contribution >= 0.6 is 0 Å². The van der Waals surface area contributed by atoms with E-state index in [2.05, 4.69) is 0 Å². The molecule has 0 unspecified atom stereocenters. The van der Waals surface area contributed by atoms with E-state index in [-0.39, 0.29) is 6.10 Å². The van der Waals surface area contributed by atoms with Gasteiger partial charge in [-0.25, -0.2) is 0 Å². The van der Waals surface area contributed by atoms with Gasteiger partial charge in [0.1, 0.15) is 0 Å². The minimum Gasteiger partial charge on any atom is -0.393 e. The average Bonchev–Trinajstić information content (AvgIpc) is 2.19. The van der Waals surface area contributed by atoms with Gasteiger partial charge >= 0.3 is 0 Å². The molecule has 0 aromatic carbocycles. The maximum absolute atomic E-state index is 9.13. The molecule has 0 heterocycles. The zero-order valence-corrected chi connectivity index (χ0v) is 4.75. The third-order valence-corrected chi connectivity index (χ3v) is 2.65. The number of hydrogen-bond donors (Lipinski definition) is 2. The lowest BCUT2D eigenvalue weighted by Gasteiger charge is -2.32. The van der Waals surface area contributed by atoms with Crippen molar-refractivity contribution >= 4 is 0 Å². The molecule has 0 aromatic rings. The normalized spacial score (nSPS) is 60.8. The lowest BCUT2D eigenvalue weighted by Crippen LogP contribution is -2.43. The van der Waals surface area contributed by atoms with Gasteiger partial charge in [0.05, 0.1) is 6.10 Å². The minimum atomic E-state index is -0.0602. The van der Waals surface area contributed by atoms with Crippen LogP contribution in [-0.2, 0) is 0 Å². The second-order valence-corrected chi connectivity index (χ2v) is 3.04. The smallest absolute Gasteiger partial charge is 0.0586 e. The van der Waals surface area contributed by atoms with Crippen LogP contribution in [0.5, 0.6) is 0 Å². The molecule has 8 heavy (non-hydrogen) atoms. The van der Waals surface area contributed by atoms with E-state index >= 15 is 0 Å². The molecule has 0 amide bonds. The van der Waals surface area contributed by atoms with Crippen molar-refractivity contribution < 1.29 is 5.11 Å². The molecular weight excluding hydrogens is 102 g/mol. The highest BCUT2D eigenvalue weighted by Gasteiger charge is 2.50. The van der Waals surface area contributed by atoms with E-state index in [4.69, 9.17) is 10.8 Å². The molecule has 3 aliphatic rings.